The average Bonchev–Trinajstić information content (AvgIpc) is 3.27. The fourth-order valence-electron chi connectivity index (χ4n) is 4.61. The molecule has 0 spiro atoms. The Balaban J connectivity index is 1.63. The van der Waals surface area contributed by atoms with Crippen LogP contribution in [0.3, 0.4) is 0 Å². The number of carbonyl (C=O) groups is 1. The molecule has 4 rings (SSSR count). The lowest BCUT2D eigenvalue weighted by Gasteiger charge is -2.28. The van der Waals surface area contributed by atoms with Crippen molar-refractivity contribution in [1.82, 2.24) is 20.3 Å². The van der Waals surface area contributed by atoms with Crippen molar-refractivity contribution >= 4 is 5.91 Å². The van der Waals surface area contributed by atoms with Crippen molar-refractivity contribution in [3.63, 3.8) is 0 Å². The zero-order chi connectivity index (χ0) is 24.2. The van der Waals surface area contributed by atoms with E-state index >= 15 is 0 Å². The van der Waals surface area contributed by atoms with Gasteiger partial charge >= 0.3 is 0 Å². The van der Waals surface area contributed by atoms with E-state index in [0.717, 1.165) is 41.6 Å². The third-order valence-corrected chi connectivity index (χ3v) is 6.45. The smallest absolute Gasteiger partial charge is 0.255 e. The van der Waals surface area contributed by atoms with Gasteiger partial charge in [0, 0.05) is 18.2 Å². The highest BCUT2D eigenvalue weighted by atomic mass is 16.5. The number of hydrogen-bond donors (Lipinski definition) is 2. The van der Waals surface area contributed by atoms with Crippen LogP contribution in [-0.4, -0.2) is 45.3 Å². The SMILES string of the molecule is COc1c(C(=O)N[C@H]2CCCC[C@@H]2O)cc(Cc2ccc(-c3cn(C)nn3)cc2)c(C#N)c1C. The van der Waals surface area contributed by atoms with Crippen molar-refractivity contribution in [2.75, 3.05) is 7.11 Å². The van der Waals surface area contributed by atoms with E-state index in [0.29, 0.717) is 35.3 Å². The Morgan fingerprint density at radius 3 is 2.65 bits per heavy atom. The third kappa shape index (κ3) is 4.80. The second-order valence-corrected chi connectivity index (χ2v) is 8.81. The van der Waals surface area contributed by atoms with Crippen molar-refractivity contribution in [2.24, 2.45) is 7.05 Å². The Kier molecular flexibility index (Phi) is 6.94. The van der Waals surface area contributed by atoms with Gasteiger partial charge in [0.25, 0.3) is 5.91 Å². The summed E-state index contributed by atoms with van der Waals surface area (Å²) >= 11 is 0. The highest BCUT2D eigenvalue weighted by molar-refractivity contribution is 5.98. The normalized spacial score (nSPS) is 17.7. The lowest BCUT2D eigenvalue weighted by molar-refractivity contribution is 0.0715. The van der Waals surface area contributed by atoms with E-state index < -0.39 is 6.10 Å². The molecule has 2 N–H and O–H groups in total. The van der Waals surface area contributed by atoms with E-state index in [1.54, 1.807) is 17.7 Å². The van der Waals surface area contributed by atoms with Crippen LogP contribution in [0.1, 0.15) is 58.3 Å². The molecule has 1 aromatic heterocycles. The summed E-state index contributed by atoms with van der Waals surface area (Å²) in [6.07, 6.45) is 5.16. The first-order valence-corrected chi connectivity index (χ1v) is 11.5. The largest absolute Gasteiger partial charge is 0.496 e. The number of amides is 1. The third-order valence-electron chi connectivity index (χ3n) is 6.45. The topological polar surface area (TPSA) is 113 Å². The number of nitriles is 1. The molecule has 34 heavy (non-hydrogen) atoms. The highest BCUT2D eigenvalue weighted by Crippen LogP contribution is 2.31. The first kappa shape index (κ1) is 23.5. The predicted molar refractivity (Wildman–Crippen MR) is 127 cm³/mol. The first-order chi connectivity index (χ1) is 16.4. The second kappa shape index (κ2) is 10.1. The van der Waals surface area contributed by atoms with Gasteiger partial charge in [-0.15, -0.1) is 5.10 Å². The van der Waals surface area contributed by atoms with Crippen LogP contribution in [0.5, 0.6) is 5.75 Å². The fourth-order valence-corrected chi connectivity index (χ4v) is 4.61. The molecule has 2 atom stereocenters. The lowest BCUT2D eigenvalue weighted by Crippen LogP contribution is -2.45. The summed E-state index contributed by atoms with van der Waals surface area (Å²) in [7, 11) is 3.32. The number of aliphatic hydroxyl groups excluding tert-OH is 1. The Labute approximate surface area is 199 Å². The zero-order valence-electron chi connectivity index (χ0n) is 19.7. The summed E-state index contributed by atoms with van der Waals surface area (Å²) < 4.78 is 7.19. The maximum Gasteiger partial charge on any atom is 0.255 e. The Hall–Kier alpha value is -3.70. The molecule has 0 radical (unpaired) electrons. The van der Waals surface area contributed by atoms with Gasteiger partial charge in [0.2, 0.25) is 0 Å². The van der Waals surface area contributed by atoms with Gasteiger partial charge in [-0.3, -0.25) is 9.48 Å². The van der Waals surface area contributed by atoms with Gasteiger partial charge < -0.3 is 15.2 Å². The van der Waals surface area contributed by atoms with Crippen LogP contribution in [-0.2, 0) is 13.5 Å². The number of nitrogens with zero attached hydrogens (tertiary/aromatic N) is 4. The average molecular weight is 460 g/mol. The van der Waals surface area contributed by atoms with Crippen molar-refractivity contribution in [1.29, 1.82) is 5.26 Å². The molecule has 1 saturated carbocycles. The van der Waals surface area contributed by atoms with Crippen molar-refractivity contribution in [3.8, 4) is 23.1 Å². The van der Waals surface area contributed by atoms with Gasteiger partial charge in [-0.2, -0.15) is 5.26 Å². The van der Waals surface area contributed by atoms with Crippen LogP contribution in [0.2, 0.25) is 0 Å². The number of benzene rings is 2. The van der Waals surface area contributed by atoms with Crippen molar-refractivity contribution in [3.05, 3.63) is 64.3 Å². The number of hydrogen-bond acceptors (Lipinski definition) is 6. The fraction of sp³-hybridized carbons (Fsp3) is 0.385. The van der Waals surface area contributed by atoms with E-state index in [1.807, 2.05) is 37.5 Å². The van der Waals surface area contributed by atoms with Crippen LogP contribution < -0.4 is 10.1 Å². The lowest BCUT2D eigenvalue weighted by atomic mass is 9.91. The summed E-state index contributed by atoms with van der Waals surface area (Å²) in [4.78, 5) is 13.2. The molecule has 1 aliphatic rings. The van der Waals surface area contributed by atoms with E-state index in [2.05, 4.69) is 21.7 Å². The number of aryl methyl sites for hydroxylation is 1. The second-order valence-electron chi connectivity index (χ2n) is 8.81. The molecule has 1 heterocycles. The number of ether oxygens (including phenoxy) is 1. The standard InChI is InChI=1S/C26H29N5O3/c1-16-21(14-27)19(12-17-8-10-18(11-9-17)23-15-31(2)30-29-23)13-20(25(16)34-3)26(33)28-22-6-4-5-7-24(22)32/h8-11,13,15,22,24,32H,4-7,12H2,1-3H3,(H,28,33)/t22-,24-/m0/s1. The molecular formula is C26H29N5O3. The molecule has 3 aromatic rings. The molecule has 1 amide bonds. The van der Waals surface area contributed by atoms with Gasteiger partial charge in [-0.05, 0) is 43.4 Å². The quantitative estimate of drug-likeness (QED) is 0.585. The van der Waals surface area contributed by atoms with Crippen LogP contribution >= 0.6 is 0 Å². The molecule has 1 fully saturated rings. The summed E-state index contributed by atoms with van der Waals surface area (Å²) in [5.74, 6) is 0.0933. The molecule has 0 aliphatic heterocycles. The number of rotatable bonds is 6. The number of methoxy groups -OCH3 is 1. The minimum atomic E-state index is -0.546. The molecule has 0 unspecified atom stereocenters. The molecule has 0 bridgehead atoms. The van der Waals surface area contributed by atoms with Crippen molar-refractivity contribution < 1.29 is 14.6 Å². The predicted octanol–water partition coefficient (Wildman–Crippen LogP) is 3.29. The maximum absolute atomic E-state index is 13.2. The maximum atomic E-state index is 13.2. The molecule has 2 aromatic carbocycles. The molecule has 8 heteroatoms. The van der Waals surface area contributed by atoms with Crippen LogP contribution in [0.25, 0.3) is 11.3 Å². The van der Waals surface area contributed by atoms with Gasteiger partial charge in [-0.1, -0.05) is 42.3 Å². The van der Waals surface area contributed by atoms with Crippen molar-refractivity contribution in [2.45, 2.75) is 51.2 Å². The summed E-state index contributed by atoms with van der Waals surface area (Å²) in [6, 6.07) is 11.7. The van der Waals surface area contributed by atoms with Crippen LogP contribution in [0.4, 0.5) is 0 Å². The minimum Gasteiger partial charge on any atom is -0.496 e. The molecule has 8 nitrogen and oxygen atoms in total. The van der Waals surface area contributed by atoms with E-state index in [4.69, 9.17) is 4.74 Å². The van der Waals surface area contributed by atoms with Gasteiger partial charge in [-0.25, -0.2) is 0 Å². The van der Waals surface area contributed by atoms with Gasteiger partial charge in [0.05, 0.1) is 42.6 Å². The minimum absolute atomic E-state index is 0.279. The first-order valence-electron chi connectivity index (χ1n) is 11.5. The van der Waals surface area contributed by atoms with Crippen LogP contribution in [0.15, 0.2) is 36.5 Å². The van der Waals surface area contributed by atoms with E-state index in [9.17, 15) is 15.2 Å². The Morgan fingerprint density at radius 1 is 1.29 bits per heavy atom. The molecule has 1 aliphatic carbocycles. The van der Waals surface area contributed by atoms with Gasteiger partial charge in [0.15, 0.2) is 0 Å². The zero-order valence-corrected chi connectivity index (χ0v) is 19.7. The number of aliphatic hydroxyl groups is 1. The molecule has 0 saturated heterocycles. The monoisotopic (exact) mass is 459 g/mol. The Morgan fingerprint density at radius 2 is 2.03 bits per heavy atom. The molecule has 176 valence electrons. The number of carbonyl (C=O) groups excluding carboxylic acids is 1. The summed E-state index contributed by atoms with van der Waals surface area (Å²) in [5, 5.41) is 31.2. The summed E-state index contributed by atoms with van der Waals surface area (Å²) in [5.41, 5.74) is 5.01. The van der Waals surface area contributed by atoms with Crippen LogP contribution in [0, 0.1) is 18.3 Å². The van der Waals surface area contributed by atoms with E-state index in [-0.39, 0.29) is 11.9 Å². The number of nitrogens with one attached hydrogen (secondary N) is 1. The molecular weight excluding hydrogens is 430 g/mol. The highest BCUT2D eigenvalue weighted by Gasteiger charge is 2.27. The Bertz CT molecular complexity index is 1230. The number of aromatic nitrogens is 3. The van der Waals surface area contributed by atoms with E-state index in [1.165, 1.54) is 7.11 Å². The van der Waals surface area contributed by atoms with Gasteiger partial charge in [0.1, 0.15) is 11.4 Å². The summed E-state index contributed by atoms with van der Waals surface area (Å²) in [6.45, 7) is 1.80.